The van der Waals surface area contributed by atoms with Gasteiger partial charge in [-0.2, -0.15) is 0 Å². The van der Waals surface area contributed by atoms with Gasteiger partial charge >= 0.3 is 11.7 Å². The average molecular weight is 440 g/mol. The average Bonchev–Trinajstić information content (AvgIpc) is 3.40. The van der Waals surface area contributed by atoms with Gasteiger partial charge in [0, 0.05) is 30.6 Å². The second-order valence-electron chi connectivity index (χ2n) is 9.95. The minimum absolute atomic E-state index is 0.159. The molecule has 1 aliphatic heterocycles. The van der Waals surface area contributed by atoms with Crippen LogP contribution in [0.1, 0.15) is 44.1 Å². The Morgan fingerprint density at radius 1 is 1.19 bits per heavy atom. The normalized spacial score (nSPS) is 25.9. The molecule has 1 aromatic heterocycles. The third-order valence-electron chi connectivity index (χ3n) is 7.72. The molecule has 2 aliphatic carbocycles. The van der Waals surface area contributed by atoms with Crippen molar-refractivity contribution in [2.75, 3.05) is 32.0 Å². The molecule has 7 nitrogen and oxygen atoms in total. The largest absolute Gasteiger partial charge is 0.490 e. The molecule has 2 amide bonds. The number of carbonyl (C=O) groups is 1. The lowest BCUT2D eigenvalue weighted by molar-refractivity contribution is 0.113. The Hall–Kier alpha value is -2.54. The molecule has 2 N–H and O–H groups in total. The van der Waals surface area contributed by atoms with Gasteiger partial charge in [0.05, 0.1) is 0 Å². The number of ether oxygens (including phenoxy) is 1. The molecule has 5 rings (SSSR count). The van der Waals surface area contributed by atoms with E-state index in [4.69, 9.17) is 9.15 Å². The van der Waals surface area contributed by atoms with E-state index >= 15 is 0 Å². The van der Waals surface area contributed by atoms with E-state index in [0.29, 0.717) is 18.0 Å². The van der Waals surface area contributed by atoms with Crippen LogP contribution in [0.3, 0.4) is 0 Å². The van der Waals surface area contributed by atoms with Crippen LogP contribution in [0.4, 0.5) is 10.5 Å². The molecule has 2 saturated carbocycles. The minimum Gasteiger partial charge on any atom is -0.490 e. The molecule has 7 heteroatoms. The Morgan fingerprint density at radius 3 is 2.72 bits per heavy atom. The summed E-state index contributed by atoms with van der Waals surface area (Å²) < 4.78 is 11.8. The van der Waals surface area contributed by atoms with Crippen molar-refractivity contribution in [3.8, 4) is 5.75 Å². The first kappa shape index (κ1) is 21.3. The summed E-state index contributed by atoms with van der Waals surface area (Å²) in [7, 11) is 2.12. The monoisotopic (exact) mass is 439 g/mol. The third-order valence-corrected chi connectivity index (χ3v) is 7.72. The summed E-state index contributed by atoms with van der Waals surface area (Å²) in [6, 6.07) is 5.14. The van der Waals surface area contributed by atoms with Gasteiger partial charge in [-0.15, -0.1) is 0 Å². The Labute approximate surface area is 188 Å². The highest BCUT2D eigenvalue weighted by Crippen LogP contribution is 2.47. The van der Waals surface area contributed by atoms with Crippen molar-refractivity contribution in [2.24, 2.45) is 17.8 Å². The number of aryl methyl sites for hydroxylation is 1. The Morgan fingerprint density at radius 2 is 2.00 bits per heavy atom. The summed E-state index contributed by atoms with van der Waals surface area (Å²) in [6.45, 7) is 4.62. The molecule has 2 bridgehead atoms. The van der Waals surface area contributed by atoms with Gasteiger partial charge in [0.25, 0.3) is 0 Å². The summed E-state index contributed by atoms with van der Waals surface area (Å²) in [5.41, 5.74) is 0.928. The number of rotatable bonds is 5. The number of nitrogens with one attached hydrogen (secondary N) is 2. The number of amides is 2. The van der Waals surface area contributed by atoms with Crippen LogP contribution in [-0.2, 0) is 0 Å². The topological polar surface area (TPSA) is 83.8 Å². The summed E-state index contributed by atoms with van der Waals surface area (Å²) in [4.78, 5) is 27.3. The van der Waals surface area contributed by atoms with Crippen molar-refractivity contribution in [3.05, 3.63) is 34.2 Å². The SMILES string of the molecule is Cc1c(OC2CCN(C)CC2)ccc2cc(NC(=O)NCC3CC4CCC3C4)c(=O)oc12. The molecule has 172 valence electrons. The van der Waals surface area contributed by atoms with Gasteiger partial charge in [-0.1, -0.05) is 6.42 Å². The lowest BCUT2D eigenvalue weighted by Crippen LogP contribution is -2.35. The van der Waals surface area contributed by atoms with E-state index in [2.05, 4.69) is 22.6 Å². The molecular weight excluding hydrogens is 406 g/mol. The van der Waals surface area contributed by atoms with Crippen LogP contribution >= 0.6 is 0 Å². The van der Waals surface area contributed by atoms with Gasteiger partial charge in [-0.3, -0.25) is 0 Å². The first-order chi connectivity index (χ1) is 15.5. The lowest BCUT2D eigenvalue weighted by atomic mass is 9.89. The highest BCUT2D eigenvalue weighted by atomic mass is 16.5. The van der Waals surface area contributed by atoms with Crippen molar-refractivity contribution in [1.82, 2.24) is 10.2 Å². The number of fused-ring (bicyclic) bond motifs is 3. The van der Waals surface area contributed by atoms with E-state index in [-0.39, 0.29) is 17.8 Å². The van der Waals surface area contributed by atoms with E-state index in [1.54, 1.807) is 6.07 Å². The molecular formula is C25H33N3O4. The number of likely N-dealkylation sites (tertiary alicyclic amines) is 1. The summed E-state index contributed by atoms with van der Waals surface area (Å²) in [5.74, 6) is 2.91. The summed E-state index contributed by atoms with van der Waals surface area (Å²) in [6.07, 6.45) is 7.30. The Bertz CT molecular complexity index is 1060. The number of piperidine rings is 1. The van der Waals surface area contributed by atoms with Gasteiger partial charge in [0.1, 0.15) is 23.1 Å². The highest BCUT2D eigenvalue weighted by molar-refractivity contribution is 5.92. The van der Waals surface area contributed by atoms with Crippen LogP contribution in [0, 0.1) is 24.7 Å². The maximum absolute atomic E-state index is 12.6. The molecule has 32 heavy (non-hydrogen) atoms. The molecule has 0 radical (unpaired) electrons. The first-order valence-electron chi connectivity index (χ1n) is 11.9. The van der Waals surface area contributed by atoms with Gasteiger partial charge in [0.2, 0.25) is 0 Å². The molecule has 1 saturated heterocycles. The lowest BCUT2D eigenvalue weighted by Gasteiger charge is -2.29. The molecule has 3 unspecified atom stereocenters. The van der Waals surface area contributed by atoms with Crippen molar-refractivity contribution in [3.63, 3.8) is 0 Å². The third kappa shape index (κ3) is 4.35. The fraction of sp³-hybridized carbons (Fsp3) is 0.600. The van der Waals surface area contributed by atoms with Gasteiger partial charge in [-0.25, -0.2) is 9.59 Å². The second kappa shape index (κ2) is 8.77. The quantitative estimate of drug-likeness (QED) is 0.685. The molecule has 2 heterocycles. The number of hydrogen-bond donors (Lipinski definition) is 2. The number of hydrogen-bond acceptors (Lipinski definition) is 5. The van der Waals surface area contributed by atoms with Gasteiger partial charge in [0.15, 0.2) is 0 Å². The molecule has 2 aromatic rings. The van der Waals surface area contributed by atoms with Crippen LogP contribution in [-0.4, -0.2) is 43.7 Å². The van der Waals surface area contributed by atoms with Crippen molar-refractivity contribution < 1.29 is 13.9 Å². The number of anilines is 1. The molecule has 3 atom stereocenters. The van der Waals surface area contributed by atoms with Crippen LogP contribution in [0.15, 0.2) is 27.4 Å². The molecule has 1 aromatic carbocycles. The smallest absolute Gasteiger partial charge is 0.360 e. The maximum Gasteiger partial charge on any atom is 0.360 e. The molecule has 3 fully saturated rings. The molecule has 0 spiro atoms. The van der Waals surface area contributed by atoms with Gasteiger partial charge in [-0.05, 0) is 82.0 Å². The predicted octanol–water partition coefficient (Wildman–Crippen LogP) is 4.13. The number of urea groups is 1. The first-order valence-corrected chi connectivity index (χ1v) is 11.9. The summed E-state index contributed by atoms with van der Waals surface area (Å²) >= 11 is 0. The molecule has 3 aliphatic rings. The zero-order valence-corrected chi connectivity index (χ0v) is 19.0. The van der Waals surface area contributed by atoms with Crippen LogP contribution in [0.25, 0.3) is 11.0 Å². The number of benzene rings is 1. The minimum atomic E-state index is -0.549. The fourth-order valence-electron chi connectivity index (χ4n) is 5.82. The second-order valence-corrected chi connectivity index (χ2v) is 9.95. The highest BCUT2D eigenvalue weighted by Gasteiger charge is 2.39. The van der Waals surface area contributed by atoms with Crippen molar-refractivity contribution in [1.29, 1.82) is 0 Å². The maximum atomic E-state index is 12.6. The van der Waals surface area contributed by atoms with Crippen LogP contribution in [0.2, 0.25) is 0 Å². The zero-order chi connectivity index (χ0) is 22.2. The van der Waals surface area contributed by atoms with Crippen LogP contribution < -0.4 is 21.0 Å². The fourth-order valence-corrected chi connectivity index (χ4v) is 5.82. The number of carbonyl (C=O) groups excluding carboxylic acids is 1. The van der Waals surface area contributed by atoms with Crippen molar-refractivity contribution >= 4 is 22.7 Å². The zero-order valence-electron chi connectivity index (χ0n) is 19.0. The Kier molecular flexibility index (Phi) is 5.84. The van der Waals surface area contributed by atoms with E-state index in [1.807, 2.05) is 19.1 Å². The van der Waals surface area contributed by atoms with E-state index in [1.165, 1.54) is 25.7 Å². The predicted molar refractivity (Wildman–Crippen MR) is 124 cm³/mol. The summed E-state index contributed by atoms with van der Waals surface area (Å²) in [5, 5.41) is 6.40. The van der Waals surface area contributed by atoms with Crippen LogP contribution in [0.5, 0.6) is 5.75 Å². The standard InChI is InChI=1S/C25H33N3O4/c1-15-22(31-20-7-9-28(2)10-8-20)6-5-18-13-21(24(29)32-23(15)18)27-25(30)26-14-19-12-16-3-4-17(19)11-16/h5-6,13,16-17,19-20H,3-4,7-12,14H2,1-2H3,(H2,26,27,30). The Balaban J connectivity index is 1.25. The van der Waals surface area contributed by atoms with E-state index < -0.39 is 5.63 Å². The van der Waals surface area contributed by atoms with E-state index in [0.717, 1.165) is 54.5 Å². The van der Waals surface area contributed by atoms with Crippen molar-refractivity contribution in [2.45, 2.75) is 51.6 Å². The van der Waals surface area contributed by atoms with Gasteiger partial charge < -0.3 is 24.7 Å². The number of nitrogens with zero attached hydrogens (tertiary/aromatic N) is 1. The van der Waals surface area contributed by atoms with E-state index in [9.17, 15) is 9.59 Å².